The monoisotopic (exact) mass is 498 g/mol. The van der Waals surface area contributed by atoms with Crippen LogP contribution in [-0.4, -0.2) is 72.4 Å². The molecule has 0 aromatic carbocycles. The van der Waals surface area contributed by atoms with Crippen LogP contribution in [0.4, 0.5) is 5.82 Å². The molecule has 0 radical (unpaired) electrons. The molecule has 4 aromatic heterocycles. The van der Waals surface area contributed by atoms with Gasteiger partial charge in [0.15, 0.2) is 0 Å². The molecule has 1 aliphatic rings. The van der Waals surface area contributed by atoms with E-state index >= 15 is 0 Å². The predicted octanol–water partition coefficient (Wildman–Crippen LogP) is 2.09. The molecule has 11 nitrogen and oxygen atoms in total. The summed E-state index contributed by atoms with van der Waals surface area (Å²) in [6, 6.07) is 5.67. The van der Waals surface area contributed by atoms with Gasteiger partial charge < -0.3 is 15.5 Å². The largest absolute Gasteiger partial charge is 0.353 e. The van der Waals surface area contributed by atoms with Crippen molar-refractivity contribution < 1.29 is 4.79 Å². The number of nitrogens with zero attached hydrogens (tertiary/aromatic N) is 9. The molecule has 1 atom stereocenters. The van der Waals surface area contributed by atoms with Crippen LogP contribution in [0.1, 0.15) is 25.8 Å². The van der Waals surface area contributed by atoms with Gasteiger partial charge in [-0.1, -0.05) is 13.8 Å². The van der Waals surface area contributed by atoms with E-state index in [9.17, 15) is 10.1 Å². The minimum atomic E-state index is -0.447. The van der Waals surface area contributed by atoms with Crippen molar-refractivity contribution in [1.29, 1.82) is 5.26 Å². The van der Waals surface area contributed by atoms with Crippen LogP contribution in [0.25, 0.3) is 28.0 Å². The molecule has 2 N–H and O–H groups in total. The number of anilines is 1. The molecule has 190 valence electrons. The zero-order chi connectivity index (χ0) is 26.1. The Balaban J connectivity index is 1.37. The first-order chi connectivity index (χ1) is 17.8. The number of aromatic nitrogens is 6. The minimum absolute atomic E-state index is 0.0225. The van der Waals surface area contributed by atoms with E-state index < -0.39 is 6.04 Å². The zero-order valence-corrected chi connectivity index (χ0v) is 21.2. The van der Waals surface area contributed by atoms with Crippen molar-refractivity contribution in [2.75, 3.05) is 31.1 Å². The average Bonchev–Trinajstić information content (AvgIpc) is 3.53. The van der Waals surface area contributed by atoms with Gasteiger partial charge >= 0.3 is 0 Å². The van der Waals surface area contributed by atoms with Gasteiger partial charge in [-0.3, -0.25) is 9.48 Å². The smallest absolute Gasteiger partial charge is 0.239 e. The molecule has 1 amide bonds. The first-order valence-corrected chi connectivity index (χ1v) is 12.4. The molecular formula is C26H30N10O. The summed E-state index contributed by atoms with van der Waals surface area (Å²) in [6.45, 7) is 6.75. The van der Waals surface area contributed by atoms with E-state index in [4.69, 9.17) is 15.7 Å². The third kappa shape index (κ3) is 4.88. The molecule has 37 heavy (non-hydrogen) atoms. The first kappa shape index (κ1) is 24.4. The number of piperazine rings is 1. The Labute approximate surface area is 215 Å². The molecule has 1 aliphatic heterocycles. The summed E-state index contributed by atoms with van der Waals surface area (Å²) in [7, 11) is 1.85. The van der Waals surface area contributed by atoms with E-state index in [0.29, 0.717) is 61.0 Å². The van der Waals surface area contributed by atoms with Gasteiger partial charge in [0.25, 0.3) is 0 Å². The second-order valence-electron chi connectivity index (χ2n) is 9.79. The van der Waals surface area contributed by atoms with Crippen LogP contribution < -0.4 is 10.6 Å². The Bertz CT molecular complexity index is 1460. The van der Waals surface area contributed by atoms with Gasteiger partial charge in [-0.05, 0) is 24.5 Å². The standard InChI is InChI=1S/C26H30N10O/c1-17(2)10-21(28)26(37)35-8-6-34(7-9-35)23-5-4-18(12-29-23)24-25-19(11-27)13-31-36(25)16-22(32-24)20-14-30-33(3)15-20/h4-5,12-17,21H,6-10,28H2,1-3H3/t21-/m1/s1. The fraction of sp³-hybridized carbons (Fsp3) is 0.385. The highest BCUT2D eigenvalue weighted by Crippen LogP contribution is 2.29. The topological polar surface area (TPSA) is 134 Å². The van der Waals surface area contributed by atoms with Gasteiger partial charge in [0.05, 0.1) is 36.0 Å². The summed E-state index contributed by atoms with van der Waals surface area (Å²) >= 11 is 0. The Morgan fingerprint density at radius 1 is 1.08 bits per heavy atom. The maximum atomic E-state index is 12.7. The van der Waals surface area contributed by atoms with Crippen LogP contribution in [0.5, 0.6) is 0 Å². The number of amides is 1. The molecule has 0 spiro atoms. The number of carbonyl (C=O) groups is 1. The van der Waals surface area contributed by atoms with Crippen molar-refractivity contribution in [2.24, 2.45) is 18.7 Å². The number of nitrogens with two attached hydrogens (primary N) is 1. The average molecular weight is 499 g/mol. The minimum Gasteiger partial charge on any atom is -0.353 e. The number of hydrogen-bond acceptors (Lipinski definition) is 8. The maximum absolute atomic E-state index is 12.7. The Hall–Kier alpha value is -4.30. The van der Waals surface area contributed by atoms with E-state index in [1.807, 2.05) is 30.3 Å². The third-order valence-corrected chi connectivity index (χ3v) is 6.60. The van der Waals surface area contributed by atoms with Crippen molar-refractivity contribution in [3.63, 3.8) is 0 Å². The number of pyridine rings is 1. The van der Waals surface area contributed by atoms with Gasteiger partial charge in [-0.2, -0.15) is 15.5 Å². The molecule has 0 bridgehead atoms. The zero-order valence-electron chi connectivity index (χ0n) is 21.2. The lowest BCUT2D eigenvalue weighted by atomic mass is 10.0. The number of hydrogen-bond donors (Lipinski definition) is 1. The van der Waals surface area contributed by atoms with Gasteiger partial charge in [-0.25, -0.2) is 14.5 Å². The Kier molecular flexibility index (Phi) is 6.58. The fourth-order valence-corrected chi connectivity index (χ4v) is 4.70. The number of aryl methyl sites for hydroxylation is 1. The Morgan fingerprint density at radius 3 is 2.49 bits per heavy atom. The molecule has 5 heterocycles. The van der Waals surface area contributed by atoms with Crippen LogP contribution in [-0.2, 0) is 11.8 Å². The van der Waals surface area contributed by atoms with Crippen LogP contribution in [0.3, 0.4) is 0 Å². The van der Waals surface area contributed by atoms with E-state index in [1.165, 1.54) is 0 Å². The van der Waals surface area contributed by atoms with E-state index in [-0.39, 0.29) is 5.91 Å². The van der Waals surface area contributed by atoms with Gasteiger partial charge in [0, 0.05) is 56.7 Å². The summed E-state index contributed by atoms with van der Waals surface area (Å²) in [5.41, 5.74) is 10.2. The van der Waals surface area contributed by atoms with E-state index in [2.05, 4.69) is 35.0 Å². The lowest BCUT2D eigenvalue weighted by Crippen LogP contribution is -2.53. The molecule has 11 heteroatoms. The van der Waals surface area contributed by atoms with E-state index in [0.717, 1.165) is 16.9 Å². The SMILES string of the molecule is CC(C)C[C@@H](N)C(=O)N1CCN(c2ccc(-c3nc(-c4cnn(C)c4)cn4ncc(C#N)c34)cn2)CC1. The van der Waals surface area contributed by atoms with Gasteiger partial charge in [0.2, 0.25) is 5.91 Å². The molecule has 0 unspecified atom stereocenters. The second kappa shape index (κ2) is 9.99. The van der Waals surface area contributed by atoms with Gasteiger partial charge in [-0.15, -0.1) is 0 Å². The molecule has 0 saturated carbocycles. The van der Waals surface area contributed by atoms with E-state index in [1.54, 1.807) is 34.0 Å². The summed E-state index contributed by atoms with van der Waals surface area (Å²) in [4.78, 5) is 26.3. The summed E-state index contributed by atoms with van der Waals surface area (Å²) in [6.07, 6.45) is 9.43. The van der Waals surface area contributed by atoms with Crippen molar-refractivity contribution >= 4 is 17.2 Å². The lowest BCUT2D eigenvalue weighted by Gasteiger charge is -2.36. The van der Waals surface area contributed by atoms with Crippen LogP contribution in [0.2, 0.25) is 0 Å². The third-order valence-electron chi connectivity index (χ3n) is 6.60. The number of rotatable bonds is 6. The van der Waals surface area contributed by atoms with Crippen LogP contribution in [0.15, 0.2) is 43.1 Å². The molecule has 5 rings (SSSR count). The van der Waals surface area contributed by atoms with Gasteiger partial charge in [0.1, 0.15) is 23.0 Å². The summed E-state index contributed by atoms with van der Waals surface area (Å²) in [5.74, 6) is 1.24. The lowest BCUT2D eigenvalue weighted by molar-refractivity contribution is -0.133. The second-order valence-corrected chi connectivity index (χ2v) is 9.79. The molecule has 4 aromatic rings. The van der Waals surface area contributed by atoms with Crippen molar-refractivity contribution in [2.45, 2.75) is 26.3 Å². The normalized spacial score (nSPS) is 14.8. The molecule has 1 saturated heterocycles. The van der Waals surface area contributed by atoms with Crippen molar-refractivity contribution in [1.82, 2.24) is 34.3 Å². The molecular weight excluding hydrogens is 468 g/mol. The molecule has 0 aliphatic carbocycles. The number of carbonyl (C=O) groups excluding carboxylic acids is 1. The predicted molar refractivity (Wildman–Crippen MR) is 139 cm³/mol. The summed E-state index contributed by atoms with van der Waals surface area (Å²) in [5, 5.41) is 18.2. The van der Waals surface area contributed by atoms with Crippen molar-refractivity contribution in [3.8, 4) is 28.6 Å². The first-order valence-electron chi connectivity index (χ1n) is 12.4. The number of nitriles is 1. The highest BCUT2D eigenvalue weighted by atomic mass is 16.2. The molecule has 1 fully saturated rings. The van der Waals surface area contributed by atoms with Crippen molar-refractivity contribution in [3.05, 3.63) is 48.7 Å². The summed E-state index contributed by atoms with van der Waals surface area (Å²) < 4.78 is 3.39. The highest BCUT2D eigenvalue weighted by Gasteiger charge is 2.26. The number of fused-ring (bicyclic) bond motifs is 1. The Morgan fingerprint density at radius 2 is 1.86 bits per heavy atom. The maximum Gasteiger partial charge on any atom is 0.239 e. The fourth-order valence-electron chi connectivity index (χ4n) is 4.70. The quantitative estimate of drug-likeness (QED) is 0.427. The van der Waals surface area contributed by atoms with Crippen LogP contribution >= 0.6 is 0 Å². The van der Waals surface area contributed by atoms with Crippen LogP contribution in [0, 0.1) is 17.2 Å². The highest BCUT2D eigenvalue weighted by molar-refractivity contribution is 5.83.